The molecule has 0 spiro atoms. The first kappa shape index (κ1) is 18.5. The molecule has 1 fully saturated rings. The van der Waals surface area contributed by atoms with E-state index in [-0.39, 0.29) is 5.91 Å². The molecule has 1 N–H and O–H groups in total. The number of methoxy groups -OCH3 is 1. The predicted octanol–water partition coefficient (Wildman–Crippen LogP) is 2.63. The van der Waals surface area contributed by atoms with Crippen LogP contribution in [-0.4, -0.2) is 60.5 Å². The van der Waals surface area contributed by atoms with Crippen LogP contribution in [0.15, 0.2) is 48.7 Å². The highest BCUT2D eigenvalue weighted by atomic mass is 16.5. The number of amides is 1. The summed E-state index contributed by atoms with van der Waals surface area (Å²) in [6.45, 7) is 5.18. The Labute approximate surface area is 163 Å². The fraction of sp³-hybridized carbons (Fsp3) is 0.333. The van der Waals surface area contributed by atoms with Crippen LogP contribution in [0, 0.1) is 0 Å². The smallest absolute Gasteiger partial charge is 0.257 e. The Morgan fingerprint density at radius 3 is 2.68 bits per heavy atom. The fourth-order valence-corrected chi connectivity index (χ4v) is 3.45. The van der Waals surface area contributed by atoms with E-state index < -0.39 is 0 Å². The Balaban J connectivity index is 1.44. The zero-order valence-electron chi connectivity index (χ0n) is 15.9. The number of ether oxygens (including phenoxy) is 2. The van der Waals surface area contributed by atoms with Crippen molar-refractivity contribution in [3.05, 3.63) is 54.2 Å². The lowest BCUT2D eigenvalue weighted by molar-refractivity contribution is 0.0360. The number of aromatic nitrogens is 2. The summed E-state index contributed by atoms with van der Waals surface area (Å²) in [5.41, 5.74) is 0.597. The summed E-state index contributed by atoms with van der Waals surface area (Å²) in [7, 11) is 1.63. The number of fused-ring (bicyclic) bond motifs is 1. The number of rotatable bonds is 6. The molecule has 0 unspecified atom stereocenters. The average Bonchev–Trinajstić information content (AvgIpc) is 3.19. The van der Waals surface area contributed by atoms with Crippen LogP contribution in [0.5, 0.6) is 5.75 Å². The molecule has 7 heteroatoms. The van der Waals surface area contributed by atoms with Gasteiger partial charge < -0.3 is 14.8 Å². The molecule has 1 aromatic heterocycles. The predicted molar refractivity (Wildman–Crippen MR) is 108 cm³/mol. The molecule has 1 aliphatic rings. The Kier molecular flexibility index (Phi) is 5.55. The summed E-state index contributed by atoms with van der Waals surface area (Å²) in [5, 5.41) is 9.14. The number of benzene rings is 2. The first-order chi connectivity index (χ1) is 13.7. The van der Waals surface area contributed by atoms with Crippen molar-refractivity contribution >= 4 is 22.5 Å². The van der Waals surface area contributed by atoms with Gasteiger partial charge in [0.25, 0.3) is 5.91 Å². The van der Waals surface area contributed by atoms with Crippen molar-refractivity contribution < 1.29 is 14.3 Å². The van der Waals surface area contributed by atoms with Gasteiger partial charge in [0, 0.05) is 42.8 Å². The van der Waals surface area contributed by atoms with Crippen LogP contribution < -0.4 is 10.1 Å². The molecular weight excluding hydrogens is 356 g/mol. The monoisotopic (exact) mass is 380 g/mol. The molecule has 2 aromatic carbocycles. The Morgan fingerprint density at radius 1 is 1.11 bits per heavy atom. The van der Waals surface area contributed by atoms with Crippen LogP contribution in [0.4, 0.5) is 5.82 Å². The van der Waals surface area contributed by atoms with Crippen molar-refractivity contribution in [2.24, 2.45) is 0 Å². The molecule has 28 heavy (non-hydrogen) atoms. The third-order valence-electron chi connectivity index (χ3n) is 4.98. The normalized spacial score (nSPS) is 14.9. The van der Waals surface area contributed by atoms with Gasteiger partial charge in [0.2, 0.25) is 0 Å². The number of hydrogen-bond acceptors (Lipinski definition) is 5. The van der Waals surface area contributed by atoms with Crippen molar-refractivity contribution in [3.8, 4) is 5.75 Å². The van der Waals surface area contributed by atoms with E-state index in [1.807, 2.05) is 47.3 Å². The van der Waals surface area contributed by atoms with Gasteiger partial charge in [-0.25, -0.2) is 0 Å². The summed E-state index contributed by atoms with van der Waals surface area (Å²) in [4.78, 5) is 15.2. The summed E-state index contributed by atoms with van der Waals surface area (Å²) in [5.74, 6) is 1.11. The second kappa shape index (κ2) is 8.41. The number of anilines is 1. The van der Waals surface area contributed by atoms with Crippen molar-refractivity contribution in [2.45, 2.75) is 6.54 Å². The summed E-state index contributed by atoms with van der Waals surface area (Å²) in [6.07, 6.45) is 1.89. The molecule has 146 valence electrons. The van der Waals surface area contributed by atoms with E-state index in [1.54, 1.807) is 13.2 Å². The zero-order valence-corrected chi connectivity index (χ0v) is 15.9. The molecule has 4 rings (SSSR count). The van der Waals surface area contributed by atoms with Gasteiger partial charge in [-0.1, -0.05) is 24.3 Å². The minimum Gasteiger partial charge on any atom is -0.496 e. The lowest BCUT2D eigenvalue weighted by Gasteiger charge is -2.26. The van der Waals surface area contributed by atoms with Gasteiger partial charge in [0.05, 0.1) is 26.9 Å². The third-order valence-corrected chi connectivity index (χ3v) is 4.98. The van der Waals surface area contributed by atoms with Crippen LogP contribution in [-0.2, 0) is 11.3 Å². The van der Waals surface area contributed by atoms with E-state index in [1.165, 1.54) is 0 Å². The highest BCUT2D eigenvalue weighted by Crippen LogP contribution is 2.28. The molecule has 1 amide bonds. The molecule has 1 saturated heterocycles. The number of hydrogen-bond donors (Lipinski definition) is 1. The van der Waals surface area contributed by atoms with Crippen molar-refractivity contribution in [3.63, 3.8) is 0 Å². The minimum absolute atomic E-state index is 0.183. The molecule has 0 bridgehead atoms. The second-order valence-corrected chi connectivity index (χ2v) is 6.73. The summed E-state index contributed by atoms with van der Waals surface area (Å²) < 4.78 is 12.6. The Bertz CT molecular complexity index is 963. The molecular formula is C21H24N4O3. The lowest BCUT2D eigenvalue weighted by Crippen LogP contribution is -2.38. The number of nitrogens with zero attached hydrogens (tertiary/aromatic N) is 3. The topological polar surface area (TPSA) is 68.6 Å². The molecule has 1 aliphatic heterocycles. The van der Waals surface area contributed by atoms with E-state index >= 15 is 0 Å². The summed E-state index contributed by atoms with van der Waals surface area (Å²) >= 11 is 0. The highest BCUT2D eigenvalue weighted by molar-refractivity contribution is 6.13. The van der Waals surface area contributed by atoms with Gasteiger partial charge >= 0.3 is 0 Å². The number of nitrogens with one attached hydrogen (secondary N) is 1. The lowest BCUT2D eigenvalue weighted by atomic mass is 10.0. The maximum absolute atomic E-state index is 12.8. The van der Waals surface area contributed by atoms with Crippen LogP contribution in [0.2, 0.25) is 0 Å². The van der Waals surface area contributed by atoms with Crippen molar-refractivity contribution in [1.82, 2.24) is 14.7 Å². The van der Waals surface area contributed by atoms with Crippen LogP contribution in [0.3, 0.4) is 0 Å². The van der Waals surface area contributed by atoms with E-state index in [0.717, 1.165) is 55.9 Å². The largest absolute Gasteiger partial charge is 0.496 e. The SMILES string of the molecule is COc1ccc(C(=O)Nc2ccn(CCN3CCOCC3)n2)c2ccccc12. The van der Waals surface area contributed by atoms with E-state index in [0.29, 0.717) is 11.4 Å². The Morgan fingerprint density at radius 2 is 1.89 bits per heavy atom. The number of carbonyl (C=O) groups is 1. The molecule has 7 nitrogen and oxygen atoms in total. The first-order valence-electron chi connectivity index (χ1n) is 9.45. The molecule has 0 aliphatic carbocycles. The van der Waals surface area contributed by atoms with Gasteiger partial charge in [0.1, 0.15) is 5.75 Å². The van der Waals surface area contributed by atoms with Gasteiger partial charge in [-0.05, 0) is 17.5 Å². The highest BCUT2D eigenvalue weighted by Gasteiger charge is 2.14. The summed E-state index contributed by atoms with van der Waals surface area (Å²) in [6, 6.07) is 13.1. The van der Waals surface area contributed by atoms with Crippen molar-refractivity contribution in [2.75, 3.05) is 45.3 Å². The fourth-order valence-electron chi connectivity index (χ4n) is 3.45. The quantitative estimate of drug-likeness (QED) is 0.712. The zero-order chi connectivity index (χ0) is 19.3. The molecule has 2 heterocycles. The van der Waals surface area contributed by atoms with Gasteiger partial charge in [0.15, 0.2) is 5.82 Å². The minimum atomic E-state index is -0.183. The maximum Gasteiger partial charge on any atom is 0.257 e. The number of morpholine rings is 1. The van der Waals surface area contributed by atoms with Crippen LogP contribution in [0.25, 0.3) is 10.8 Å². The Hall–Kier alpha value is -2.90. The molecule has 3 aromatic rings. The van der Waals surface area contributed by atoms with Gasteiger partial charge in [-0.15, -0.1) is 0 Å². The van der Waals surface area contributed by atoms with Crippen LogP contribution in [0.1, 0.15) is 10.4 Å². The molecule has 0 radical (unpaired) electrons. The second-order valence-electron chi connectivity index (χ2n) is 6.73. The van der Waals surface area contributed by atoms with Crippen molar-refractivity contribution in [1.29, 1.82) is 0 Å². The molecule has 0 saturated carbocycles. The first-order valence-corrected chi connectivity index (χ1v) is 9.45. The average molecular weight is 380 g/mol. The maximum atomic E-state index is 12.8. The van der Waals surface area contributed by atoms with Gasteiger partial charge in [-0.3, -0.25) is 14.4 Å². The van der Waals surface area contributed by atoms with Gasteiger partial charge in [-0.2, -0.15) is 5.10 Å². The van der Waals surface area contributed by atoms with E-state index in [4.69, 9.17) is 9.47 Å². The molecule has 0 atom stereocenters. The standard InChI is InChI=1S/C21H24N4O3/c1-27-19-7-6-18(16-4-2-3-5-17(16)19)21(26)22-20-8-9-25(23-20)11-10-24-12-14-28-15-13-24/h2-9H,10-15H2,1H3,(H,22,23,26). The van der Waals surface area contributed by atoms with E-state index in [9.17, 15) is 4.79 Å². The van der Waals surface area contributed by atoms with E-state index in [2.05, 4.69) is 15.3 Å². The third kappa shape index (κ3) is 4.00. The van der Waals surface area contributed by atoms with Crippen LogP contribution >= 0.6 is 0 Å². The number of carbonyl (C=O) groups excluding carboxylic acids is 1.